The molecule has 3 aliphatic carbocycles. The Hall–Kier alpha value is -10.9. The SMILES string of the molecule is C.NC(=O)CC[C@H](NC(=O)OCC1c2ccccc2-c2ccccc21)C(=O)Nc1ccc(CI)cc1.NC(=O)CC[C@H](NC(=O)OCC1c2ccccc2-c2ccccc21)C(=O)Nc1ccc(CO)cc1.NC(=O)CC[C@H](NC(=O)OCC1c2ccccc2-c2ccccc21)C(=O)O. The number of hydrogen-bond donors (Lipinski definition) is 10. The zero-order valence-electron chi connectivity index (χ0n) is 52.6. The van der Waals surface area contributed by atoms with E-state index < -0.39 is 71.9 Å². The van der Waals surface area contributed by atoms with Crippen molar-refractivity contribution < 1.29 is 67.6 Å². The molecule has 0 aromatic heterocycles. The van der Waals surface area contributed by atoms with E-state index in [9.17, 15) is 43.2 Å². The van der Waals surface area contributed by atoms with Gasteiger partial charge in [-0.2, -0.15) is 0 Å². The summed E-state index contributed by atoms with van der Waals surface area (Å²) in [6.45, 7) is 0.204. The maximum atomic E-state index is 12.9. The number of nitrogens with one attached hydrogen (secondary N) is 5. The van der Waals surface area contributed by atoms with Crippen LogP contribution in [0.5, 0.6) is 0 Å². The van der Waals surface area contributed by atoms with Crippen LogP contribution < -0.4 is 43.8 Å². The highest BCUT2D eigenvalue weighted by Gasteiger charge is 2.34. The third-order valence-electron chi connectivity index (χ3n) is 16.7. The Bertz CT molecular complexity index is 3840. The number of aliphatic hydroxyl groups excluding tert-OH is 1. The minimum atomic E-state index is -1.25. The standard InChI is InChI=1S/C27H26IN3O4.C27H27N3O5.C20H20N2O5.CH4/c28-15-17-9-11-18(12-10-17)30-26(33)24(13-14-25(29)32)31-27(34)35-16-23-21-7-3-1-5-19(21)20-6-2-4-8-22(20)23;28-25(32)14-13-24(26(33)29-18-11-9-17(15-31)10-12-18)30-27(34)35-16-23-21-7-3-1-5-19(21)20-6-2-4-8-22(20)23;21-18(23)10-9-17(19(24)25)22-20(26)27-11-16-14-7-3-1-5-12(14)13-6-2-4-8-15(13)16;/h1-12,23-24H,13-16H2,(H2,29,32)(H,30,33)(H,31,34);1-12,23-24,31H,13-16H2,(H2,28,32)(H,29,33)(H,30,34);1-8,16-17H,9-11H2,(H2,21,23)(H,22,26)(H,24,25);1H4/t2*24-;17-;/m000./s1. The van der Waals surface area contributed by atoms with Crippen molar-refractivity contribution in [2.45, 2.75) is 92.9 Å². The van der Waals surface area contributed by atoms with Crippen LogP contribution in [0.4, 0.5) is 25.8 Å². The lowest BCUT2D eigenvalue weighted by molar-refractivity contribution is -0.139. The zero-order chi connectivity index (χ0) is 69.0. The number of nitrogens with two attached hydrogens (primary N) is 3. The summed E-state index contributed by atoms with van der Waals surface area (Å²) in [5.41, 5.74) is 31.6. The van der Waals surface area contributed by atoms with E-state index in [0.717, 1.165) is 76.8 Å². The topological polar surface area (TPSA) is 360 Å². The number of halogens is 1. The molecular weight excluding hydrogens is 1360 g/mol. The van der Waals surface area contributed by atoms with E-state index in [1.807, 2.05) is 146 Å². The van der Waals surface area contributed by atoms with Gasteiger partial charge in [0.1, 0.15) is 37.9 Å². The highest BCUT2D eigenvalue weighted by atomic mass is 127. The Kier molecular flexibility index (Phi) is 26.2. The summed E-state index contributed by atoms with van der Waals surface area (Å²) in [4.78, 5) is 108. The average molecular weight is 1440 g/mol. The molecule has 0 saturated carbocycles. The number of alkyl halides is 1. The number of carbonyl (C=O) groups excluding carboxylic acids is 8. The fourth-order valence-electron chi connectivity index (χ4n) is 11.8. The number of aliphatic hydroxyl groups is 1. The number of carboxylic acids is 1. The summed E-state index contributed by atoms with van der Waals surface area (Å²) in [6, 6.07) is 58.8. The molecule has 3 aliphatic rings. The van der Waals surface area contributed by atoms with Crippen molar-refractivity contribution in [3.63, 3.8) is 0 Å². The highest BCUT2D eigenvalue weighted by molar-refractivity contribution is 14.1. The third-order valence-corrected chi connectivity index (χ3v) is 17.5. The van der Waals surface area contributed by atoms with Crippen LogP contribution in [0.15, 0.2) is 194 Å². The van der Waals surface area contributed by atoms with Gasteiger partial charge in [0.2, 0.25) is 29.5 Å². The Morgan fingerprint density at radius 1 is 0.388 bits per heavy atom. The van der Waals surface area contributed by atoms with Crippen molar-refractivity contribution in [2.75, 3.05) is 30.5 Å². The highest BCUT2D eigenvalue weighted by Crippen LogP contribution is 2.47. The van der Waals surface area contributed by atoms with Crippen LogP contribution in [0.1, 0.15) is 108 Å². The molecule has 11 rings (SSSR count). The largest absolute Gasteiger partial charge is 0.480 e. The molecule has 0 bridgehead atoms. The maximum Gasteiger partial charge on any atom is 0.407 e. The number of alkyl carbamates (subject to hydrolysis) is 3. The molecule has 0 saturated heterocycles. The number of carboxylic acid groups (broad SMARTS) is 1. The summed E-state index contributed by atoms with van der Waals surface area (Å²) in [7, 11) is 0. The van der Waals surface area contributed by atoms with E-state index in [2.05, 4.69) is 61.3 Å². The summed E-state index contributed by atoms with van der Waals surface area (Å²) in [6.07, 6.45) is -2.58. The van der Waals surface area contributed by atoms with Gasteiger partial charge in [-0.15, -0.1) is 0 Å². The van der Waals surface area contributed by atoms with Crippen molar-refractivity contribution in [2.24, 2.45) is 17.2 Å². The van der Waals surface area contributed by atoms with Crippen molar-refractivity contribution >= 4 is 87.8 Å². The van der Waals surface area contributed by atoms with E-state index in [1.165, 1.54) is 0 Å². The van der Waals surface area contributed by atoms with Crippen LogP contribution >= 0.6 is 22.6 Å². The van der Waals surface area contributed by atoms with Crippen LogP contribution in [0.3, 0.4) is 0 Å². The number of carbonyl (C=O) groups is 9. The number of amides is 8. The first-order valence-electron chi connectivity index (χ1n) is 31.3. The molecule has 0 fully saturated rings. The van der Waals surface area contributed by atoms with Crippen LogP contribution in [-0.4, -0.2) is 102 Å². The van der Waals surface area contributed by atoms with Gasteiger partial charge in [-0.05, 0) is 121 Å². The van der Waals surface area contributed by atoms with Gasteiger partial charge in [-0.25, -0.2) is 19.2 Å². The molecule has 508 valence electrons. The van der Waals surface area contributed by atoms with Gasteiger partial charge in [0, 0.05) is 52.8 Å². The molecule has 0 radical (unpaired) electrons. The molecule has 0 heterocycles. The van der Waals surface area contributed by atoms with Crippen molar-refractivity contribution in [3.05, 3.63) is 239 Å². The summed E-state index contributed by atoms with van der Waals surface area (Å²) < 4.78 is 17.2. The van der Waals surface area contributed by atoms with Crippen LogP contribution in [0, 0.1) is 0 Å². The first-order valence-corrected chi connectivity index (χ1v) is 32.8. The molecule has 98 heavy (non-hydrogen) atoms. The molecule has 0 aliphatic heterocycles. The summed E-state index contributed by atoms with van der Waals surface area (Å²) >= 11 is 2.26. The quantitative estimate of drug-likeness (QED) is 0.0144. The normalized spacial score (nSPS) is 12.8. The maximum absolute atomic E-state index is 12.9. The summed E-state index contributed by atoms with van der Waals surface area (Å²) in [5.74, 6) is -4.28. The Morgan fingerprint density at radius 3 is 0.898 bits per heavy atom. The monoisotopic (exact) mass is 1440 g/mol. The second-order valence-electron chi connectivity index (χ2n) is 23.1. The second-order valence-corrected chi connectivity index (χ2v) is 23.8. The van der Waals surface area contributed by atoms with Crippen molar-refractivity contribution in [3.8, 4) is 33.4 Å². The molecular formula is C75H77IN8O14. The van der Waals surface area contributed by atoms with Crippen molar-refractivity contribution in [1.29, 1.82) is 0 Å². The van der Waals surface area contributed by atoms with E-state index in [4.69, 9.17) is 41.6 Å². The second kappa shape index (κ2) is 35.2. The number of anilines is 2. The zero-order valence-corrected chi connectivity index (χ0v) is 54.8. The number of rotatable bonds is 25. The van der Waals surface area contributed by atoms with Crippen LogP contribution in [0.2, 0.25) is 0 Å². The average Bonchev–Trinajstić information content (AvgIpc) is 1.64. The van der Waals surface area contributed by atoms with Gasteiger partial charge in [-0.3, -0.25) is 24.0 Å². The third kappa shape index (κ3) is 19.2. The minimum Gasteiger partial charge on any atom is -0.480 e. The Balaban J connectivity index is 0.000000188. The van der Waals surface area contributed by atoms with E-state index in [1.54, 1.807) is 36.4 Å². The van der Waals surface area contributed by atoms with Gasteiger partial charge in [0.25, 0.3) is 0 Å². The van der Waals surface area contributed by atoms with E-state index in [0.29, 0.717) is 16.9 Å². The fraction of sp³-hybridized carbons (Fsp3) is 0.240. The predicted octanol–water partition coefficient (Wildman–Crippen LogP) is 10.9. The van der Waals surface area contributed by atoms with E-state index in [-0.39, 0.29) is 90.1 Å². The predicted molar refractivity (Wildman–Crippen MR) is 379 cm³/mol. The number of fused-ring (bicyclic) bond motifs is 9. The lowest BCUT2D eigenvalue weighted by atomic mass is 9.98. The number of hydrogen-bond acceptors (Lipinski definition) is 13. The first kappa shape index (κ1) is 72.9. The number of primary amides is 3. The Labute approximate surface area is 580 Å². The van der Waals surface area contributed by atoms with Gasteiger partial charge in [0.15, 0.2) is 0 Å². The van der Waals surface area contributed by atoms with E-state index >= 15 is 0 Å². The van der Waals surface area contributed by atoms with Gasteiger partial charge in [-0.1, -0.05) is 200 Å². The summed E-state index contributed by atoms with van der Waals surface area (Å²) in [5, 5.41) is 31.2. The van der Waals surface area contributed by atoms with Crippen molar-refractivity contribution in [1.82, 2.24) is 16.0 Å². The molecule has 3 atom stereocenters. The molecule has 0 unspecified atom stereocenters. The van der Waals surface area contributed by atoms with Gasteiger partial charge < -0.3 is 68.2 Å². The van der Waals surface area contributed by atoms with Gasteiger partial charge in [0.05, 0.1) is 6.61 Å². The number of benzene rings is 8. The molecule has 22 nitrogen and oxygen atoms in total. The smallest absolute Gasteiger partial charge is 0.407 e. The first-order chi connectivity index (χ1) is 46.9. The molecule has 13 N–H and O–H groups in total. The Morgan fingerprint density at radius 2 is 0.643 bits per heavy atom. The lowest BCUT2D eigenvalue weighted by Crippen LogP contribution is -2.44. The van der Waals surface area contributed by atoms with Gasteiger partial charge >= 0.3 is 24.2 Å². The molecule has 8 aromatic carbocycles. The fourth-order valence-corrected chi connectivity index (χ4v) is 12.3. The minimum absolute atomic E-state index is 0. The van der Waals surface area contributed by atoms with Crippen LogP contribution in [-0.2, 0) is 54.0 Å². The molecule has 8 aromatic rings. The molecule has 0 spiro atoms. The molecule has 23 heteroatoms. The van der Waals surface area contributed by atoms with Crippen LogP contribution in [0.25, 0.3) is 33.4 Å². The number of aliphatic carboxylic acids is 1. The molecule has 8 amide bonds. The number of ether oxygens (including phenoxy) is 3. The lowest BCUT2D eigenvalue weighted by Gasteiger charge is -2.19.